The minimum absolute atomic E-state index is 0.209. The third-order valence-electron chi connectivity index (χ3n) is 1.83. The van der Waals surface area contributed by atoms with Crippen LogP contribution in [0.5, 0.6) is 0 Å². The van der Waals surface area contributed by atoms with E-state index in [1.807, 2.05) is 0 Å². The Kier molecular flexibility index (Phi) is 3.87. The highest BCUT2D eigenvalue weighted by Crippen LogP contribution is 1.88. The first kappa shape index (κ1) is 12.0. The fraction of sp³-hybridized carbons (Fsp3) is 0.444. The van der Waals surface area contributed by atoms with Gasteiger partial charge in [0.05, 0.1) is 6.61 Å². The van der Waals surface area contributed by atoms with Crippen LogP contribution in [0.1, 0.15) is 6.92 Å². The number of aliphatic carboxylic acids is 1. The molecule has 0 aromatic carbocycles. The van der Waals surface area contributed by atoms with Gasteiger partial charge in [0, 0.05) is 12.4 Å². The van der Waals surface area contributed by atoms with Crippen LogP contribution in [-0.2, 0) is 27.4 Å². The Morgan fingerprint density at radius 1 is 1.31 bits per heavy atom. The number of hydrogen-bond acceptors (Lipinski definition) is 4. The molecule has 16 heavy (non-hydrogen) atoms. The molecular weight excluding hydrogens is 216 g/mol. The second kappa shape index (κ2) is 5.15. The Balaban J connectivity index is 2.76. The molecule has 7 nitrogen and oxygen atoms in total. The van der Waals surface area contributed by atoms with Crippen LogP contribution in [0.2, 0.25) is 0 Å². The molecule has 7 heteroatoms. The van der Waals surface area contributed by atoms with Gasteiger partial charge < -0.3 is 9.84 Å². The Hall–Kier alpha value is -2.05. The lowest BCUT2D eigenvalue weighted by atomic mass is 10.6. The zero-order chi connectivity index (χ0) is 12.1. The summed E-state index contributed by atoms with van der Waals surface area (Å²) in [7, 11) is 0. The number of ether oxygens (including phenoxy) is 1. The van der Waals surface area contributed by atoms with Crippen LogP contribution in [0.25, 0.3) is 0 Å². The Morgan fingerprint density at radius 2 is 1.88 bits per heavy atom. The van der Waals surface area contributed by atoms with Gasteiger partial charge in [0.15, 0.2) is 0 Å². The van der Waals surface area contributed by atoms with E-state index in [4.69, 9.17) is 5.11 Å². The lowest BCUT2D eigenvalue weighted by Gasteiger charge is -2.01. The van der Waals surface area contributed by atoms with Gasteiger partial charge in [-0.15, -0.1) is 0 Å². The first-order chi connectivity index (χ1) is 7.54. The zero-order valence-electron chi connectivity index (χ0n) is 8.75. The van der Waals surface area contributed by atoms with Crippen molar-refractivity contribution in [3.8, 4) is 0 Å². The van der Waals surface area contributed by atoms with Crippen LogP contribution in [0.3, 0.4) is 0 Å². The van der Waals surface area contributed by atoms with Gasteiger partial charge in [-0.3, -0.25) is 18.7 Å². The van der Waals surface area contributed by atoms with E-state index < -0.39 is 24.2 Å². The molecule has 88 valence electrons. The summed E-state index contributed by atoms with van der Waals surface area (Å²) < 4.78 is 6.77. The van der Waals surface area contributed by atoms with Gasteiger partial charge in [0.1, 0.15) is 13.1 Å². The standard InChI is InChI=1S/C9H12N2O5/c1-2-16-8(14)6-11-4-3-10(9(11)15)5-7(12)13/h3-4H,2,5-6H2,1H3,(H,12,13). The van der Waals surface area contributed by atoms with E-state index in [-0.39, 0.29) is 13.2 Å². The van der Waals surface area contributed by atoms with E-state index in [9.17, 15) is 14.4 Å². The van der Waals surface area contributed by atoms with Crippen molar-refractivity contribution in [3.63, 3.8) is 0 Å². The third-order valence-corrected chi connectivity index (χ3v) is 1.83. The van der Waals surface area contributed by atoms with Gasteiger partial charge >= 0.3 is 17.6 Å². The number of hydrogen-bond donors (Lipinski definition) is 1. The Labute approximate surface area is 90.9 Å². The van der Waals surface area contributed by atoms with Gasteiger partial charge in [-0.2, -0.15) is 0 Å². The van der Waals surface area contributed by atoms with E-state index in [0.717, 1.165) is 9.13 Å². The van der Waals surface area contributed by atoms with Crippen molar-refractivity contribution in [1.29, 1.82) is 0 Å². The van der Waals surface area contributed by atoms with Crippen molar-refractivity contribution in [2.75, 3.05) is 6.61 Å². The maximum absolute atomic E-state index is 11.5. The molecule has 0 radical (unpaired) electrons. The molecule has 0 atom stereocenters. The van der Waals surface area contributed by atoms with Gasteiger partial charge in [-0.25, -0.2) is 4.79 Å². The highest BCUT2D eigenvalue weighted by atomic mass is 16.5. The summed E-state index contributed by atoms with van der Waals surface area (Å²) in [6, 6.07) is 0. The lowest BCUT2D eigenvalue weighted by molar-refractivity contribution is -0.143. The van der Waals surface area contributed by atoms with Crippen LogP contribution in [0.4, 0.5) is 0 Å². The zero-order valence-corrected chi connectivity index (χ0v) is 8.75. The Bertz CT molecular complexity index is 445. The highest BCUT2D eigenvalue weighted by Gasteiger charge is 2.09. The maximum Gasteiger partial charge on any atom is 0.329 e. The summed E-state index contributed by atoms with van der Waals surface area (Å²) in [4.78, 5) is 33.0. The SMILES string of the molecule is CCOC(=O)Cn1ccn(CC(=O)O)c1=O. The molecule has 0 fully saturated rings. The van der Waals surface area contributed by atoms with Crippen LogP contribution in [-0.4, -0.2) is 32.8 Å². The molecule has 0 aliphatic heterocycles. The number of nitrogens with zero attached hydrogens (tertiary/aromatic N) is 2. The van der Waals surface area contributed by atoms with Gasteiger partial charge in [-0.1, -0.05) is 0 Å². The molecular formula is C9H12N2O5. The second-order valence-electron chi connectivity index (χ2n) is 3.04. The summed E-state index contributed by atoms with van der Waals surface area (Å²) in [5.74, 6) is -1.64. The minimum atomic E-state index is -1.11. The average molecular weight is 228 g/mol. The summed E-state index contributed by atoms with van der Waals surface area (Å²) in [6.07, 6.45) is 2.66. The molecule has 0 bridgehead atoms. The highest BCUT2D eigenvalue weighted by molar-refractivity contribution is 5.69. The predicted molar refractivity (Wildman–Crippen MR) is 53.0 cm³/mol. The Morgan fingerprint density at radius 3 is 2.38 bits per heavy atom. The number of carboxylic acids is 1. The third kappa shape index (κ3) is 2.97. The van der Waals surface area contributed by atoms with E-state index in [0.29, 0.717) is 0 Å². The fourth-order valence-electron chi connectivity index (χ4n) is 1.19. The van der Waals surface area contributed by atoms with Crippen molar-refractivity contribution in [2.24, 2.45) is 0 Å². The van der Waals surface area contributed by atoms with E-state index in [2.05, 4.69) is 4.74 Å². The molecule has 0 aliphatic rings. The van der Waals surface area contributed by atoms with E-state index in [1.165, 1.54) is 12.4 Å². The van der Waals surface area contributed by atoms with E-state index >= 15 is 0 Å². The summed E-state index contributed by atoms with van der Waals surface area (Å²) >= 11 is 0. The number of esters is 1. The van der Waals surface area contributed by atoms with Crippen molar-refractivity contribution < 1.29 is 19.4 Å². The molecule has 1 heterocycles. The van der Waals surface area contributed by atoms with Crippen LogP contribution < -0.4 is 5.69 Å². The molecule has 1 rings (SSSR count). The smallest absolute Gasteiger partial charge is 0.329 e. The monoisotopic (exact) mass is 228 g/mol. The second-order valence-corrected chi connectivity index (χ2v) is 3.04. The van der Waals surface area contributed by atoms with Gasteiger partial charge in [0.2, 0.25) is 0 Å². The van der Waals surface area contributed by atoms with Crippen molar-refractivity contribution in [3.05, 3.63) is 22.9 Å². The number of imidazole rings is 1. The number of carboxylic acid groups (broad SMARTS) is 1. The number of carbonyl (C=O) groups excluding carboxylic acids is 1. The summed E-state index contributed by atoms with van der Waals surface area (Å²) in [5.41, 5.74) is -0.546. The summed E-state index contributed by atoms with van der Waals surface area (Å²) in [5, 5.41) is 8.51. The number of carbonyl (C=O) groups is 2. The lowest BCUT2D eigenvalue weighted by Crippen LogP contribution is -2.29. The molecule has 0 saturated carbocycles. The topological polar surface area (TPSA) is 90.5 Å². The molecule has 1 aromatic heterocycles. The van der Waals surface area contributed by atoms with Gasteiger partial charge in [-0.05, 0) is 6.92 Å². The summed E-state index contributed by atoms with van der Waals surface area (Å²) in [6.45, 7) is 1.27. The maximum atomic E-state index is 11.5. The minimum Gasteiger partial charge on any atom is -0.480 e. The average Bonchev–Trinajstić information content (AvgIpc) is 2.50. The van der Waals surface area contributed by atoms with Crippen LogP contribution in [0.15, 0.2) is 17.2 Å². The first-order valence-electron chi connectivity index (χ1n) is 4.67. The quantitative estimate of drug-likeness (QED) is 0.673. The predicted octanol–water partition coefficient (Wildman–Crippen LogP) is -0.702. The number of aromatic nitrogens is 2. The molecule has 0 unspecified atom stereocenters. The molecule has 1 aromatic rings. The van der Waals surface area contributed by atoms with Crippen LogP contribution >= 0.6 is 0 Å². The fourth-order valence-corrected chi connectivity index (χ4v) is 1.19. The van der Waals surface area contributed by atoms with Gasteiger partial charge in [0.25, 0.3) is 0 Å². The normalized spacial score (nSPS) is 10.1. The van der Waals surface area contributed by atoms with E-state index in [1.54, 1.807) is 6.92 Å². The van der Waals surface area contributed by atoms with Crippen LogP contribution in [0, 0.1) is 0 Å². The molecule has 1 N–H and O–H groups in total. The number of rotatable bonds is 5. The first-order valence-corrected chi connectivity index (χ1v) is 4.67. The van der Waals surface area contributed by atoms with Crippen molar-refractivity contribution in [1.82, 2.24) is 9.13 Å². The molecule has 0 amide bonds. The molecule has 0 spiro atoms. The molecule has 0 saturated heterocycles. The van der Waals surface area contributed by atoms with Crippen molar-refractivity contribution in [2.45, 2.75) is 20.0 Å². The van der Waals surface area contributed by atoms with Crippen molar-refractivity contribution >= 4 is 11.9 Å². The molecule has 0 aliphatic carbocycles. The largest absolute Gasteiger partial charge is 0.480 e.